The summed E-state index contributed by atoms with van der Waals surface area (Å²) in [5, 5.41) is 2.13. The van der Waals surface area contributed by atoms with E-state index in [0.717, 1.165) is 29.4 Å². The summed E-state index contributed by atoms with van der Waals surface area (Å²) < 4.78 is 33.2. The van der Waals surface area contributed by atoms with E-state index in [1.807, 2.05) is 43.3 Å². The van der Waals surface area contributed by atoms with Gasteiger partial charge in [-0.3, -0.25) is 4.79 Å². The number of ketones is 1. The van der Waals surface area contributed by atoms with Gasteiger partial charge < -0.3 is 23.1 Å². The molecule has 7 nitrogen and oxygen atoms in total. The number of hydrogen-bond donors (Lipinski definition) is 0. The molecule has 2 aliphatic heterocycles. The molecule has 250 valence electrons. The van der Waals surface area contributed by atoms with Crippen LogP contribution in [0.3, 0.4) is 0 Å². The van der Waals surface area contributed by atoms with Gasteiger partial charge in [0.05, 0.1) is 13.7 Å². The molecule has 9 heteroatoms. The molecule has 0 amide bonds. The summed E-state index contributed by atoms with van der Waals surface area (Å²) in [5.74, 6) is 1.12. The lowest BCUT2D eigenvalue weighted by Gasteiger charge is -2.45. The highest BCUT2D eigenvalue weighted by molar-refractivity contribution is 6.99. The Morgan fingerprint density at radius 2 is 1.40 bits per heavy atom. The van der Waals surface area contributed by atoms with E-state index < -0.39 is 46.1 Å². The summed E-state index contributed by atoms with van der Waals surface area (Å²) in [6, 6.07) is 31.6. The van der Waals surface area contributed by atoms with Crippen molar-refractivity contribution >= 4 is 38.7 Å². The molecule has 0 radical (unpaired) electrons. The molecule has 47 heavy (non-hydrogen) atoms. The van der Waals surface area contributed by atoms with Crippen LogP contribution < -0.4 is 15.1 Å². The second kappa shape index (κ2) is 12.4. The molecular formula is C38H49NO6Si2. The topological polar surface area (TPSA) is 78.9 Å². The fourth-order valence-corrected chi connectivity index (χ4v) is 15.4. The first-order chi connectivity index (χ1) is 22.5. The second-order valence-corrected chi connectivity index (χ2v) is 23.3. The number of aliphatic imine (C=N–C) groups is 1. The minimum Gasteiger partial charge on any atom is -0.497 e. The number of ether oxygens (including phenoxy) is 3. The summed E-state index contributed by atoms with van der Waals surface area (Å²) in [6.45, 7) is 15.6. The number of benzene rings is 3. The van der Waals surface area contributed by atoms with Crippen LogP contribution in [0.2, 0.25) is 23.2 Å². The molecule has 0 N–H and O–H groups in total. The molecule has 1 saturated heterocycles. The average Bonchev–Trinajstić information content (AvgIpc) is 3.67. The number of nitrogens with zero attached hydrogens (tertiary/aromatic N) is 1. The largest absolute Gasteiger partial charge is 0.497 e. The standard InChI is InChI=1S/C38H49NO6Si2/c1-9-46(10-2,11-3)45-35-37(26-42-47(36(5,6)7,30-18-14-12-15-19-30)31-20-16-13-17-21-31)33(44-37)32(40)38(35)27(4)43-34(39-38)28-22-24-29(41-8)25-23-28/h12-25,27,33,35H,9-11,26H2,1-8H3/t27-,33-,35-,37-,38-/m0/s1. The van der Waals surface area contributed by atoms with E-state index in [0.29, 0.717) is 5.90 Å². The van der Waals surface area contributed by atoms with Crippen LogP contribution in [0.1, 0.15) is 54.0 Å². The van der Waals surface area contributed by atoms with Gasteiger partial charge in [0, 0.05) is 5.56 Å². The van der Waals surface area contributed by atoms with Crippen molar-refractivity contribution in [2.45, 2.75) is 101 Å². The fourth-order valence-electron chi connectivity index (χ4n) is 7.92. The van der Waals surface area contributed by atoms with Crippen molar-refractivity contribution < 1.29 is 27.9 Å². The lowest BCUT2D eigenvalue weighted by atomic mass is 9.86. The van der Waals surface area contributed by atoms with Gasteiger partial charge in [0.2, 0.25) is 5.90 Å². The Bertz CT molecular complexity index is 1560. The van der Waals surface area contributed by atoms with E-state index in [-0.39, 0.29) is 17.4 Å². The van der Waals surface area contributed by atoms with Gasteiger partial charge in [-0.05, 0) is 64.7 Å². The smallest absolute Gasteiger partial charge is 0.261 e. The van der Waals surface area contributed by atoms with Gasteiger partial charge in [-0.2, -0.15) is 0 Å². The van der Waals surface area contributed by atoms with Crippen LogP contribution in [-0.4, -0.2) is 71.5 Å². The van der Waals surface area contributed by atoms with Crippen LogP contribution in [0.5, 0.6) is 5.75 Å². The van der Waals surface area contributed by atoms with Crippen molar-refractivity contribution in [3.8, 4) is 5.75 Å². The number of carbonyl (C=O) groups is 1. The number of epoxide rings is 1. The maximum Gasteiger partial charge on any atom is 0.261 e. The van der Waals surface area contributed by atoms with Crippen molar-refractivity contribution in [3.05, 3.63) is 90.5 Å². The predicted molar refractivity (Wildman–Crippen MR) is 191 cm³/mol. The van der Waals surface area contributed by atoms with Gasteiger partial charge in [0.15, 0.2) is 31.3 Å². The summed E-state index contributed by atoms with van der Waals surface area (Å²) in [4.78, 5) is 19.8. The zero-order chi connectivity index (χ0) is 33.7. The van der Waals surface area contributed by atoms with Crippen LogP contribution in [0.25, 0.3) is 0 Å². The minimum atomic E-state index is -2.93. The number of methoxy groups -OCH3 is 1. The maximum absolute atomic E-state index is 14.6. The van der Waals surface area contributed by atoms with Gasteiger partial charge in [-0.25, -0.2) is 4.99 Å². The minimum absolute atomic E-state index is 0.0734. The molecule has 0 unspecified atom stereocenters. The summed E-state index contributed by atoms with van der Waals surface area (Å²) in [7, 11) is -3.56. The Labute approximate surface area is 281 Å². The normalized spacial score (nSPS) is 27.0. The Morgan fingerprint density at radius 1 is 0.851 bits per heavy atom. The predicted octanol–water partition coefficient (Wildman–Crippen LogP) is 6.29. The fraction of sp³-hybridized carbons (Fsp3) is 0.474. The van der Waals surface area contributed by atoms with Gasteiger partial charge in [-0.15, -0.1) is 0 Å². The lowest BCUT2D eigenvalue weighted by Crippen LogP contribution is -2.68. The van der Waals surface area contributed by atoms with Crippen LogP contribution in [-0.2, 0) is 23.1 Å². The highest BCUT2D eigenvalue weighted by atomic mass is 28.4. The SMILES string of the molecule is CC[Si](CC)(CC)O[C@H]1[C@@]2(CO[Si](c3ccccc3)(c3ccccc3)C(C)(C)C)O[C@H]2C(=O)[C@]12N=C(c1ccc(OC)cc1)O[C@H]2C. The van der Waals surface area contributed by atoms with Crippen molar-refractivity contribution in [2.75, 3.05) is 13.7 Å². The number of hydrogen-bond acceptors (Lipinski definition) is 7. The Balaban J connectivity index is 1.46. The molecule has 1 saturated carbocycles. The third kappa shape index (κ3) is 5.26. The van der Waals surface area contributed by atoms with Crippen LogP contribution >= 0.6 is 0 Å². The second-order valence-electron chi connectivity index (χ2n) is 14.2. The Hall–Kier alpha value is -3.09. The summed E-state index contributed by atoms with van der Waals surface area (Å²) >= 11 is 0. The van der Waals surface area contributed by atoms with E-state index in [2.05, 4.69) is 90.1 Å². The summed E-state index contributed by atoms with van der Waals surface area (Å²) in [5.41, 5.74) is -1.39. The summed E-state index contributed by atoms with van der Waals surface area (Å²) in [6.07, 6.45) is -1.84. The van der Waals surface area contributed by atoms with E-state index in [4.69, 9.17) is 28.1 Å². The Kier molecular flexibility index (Phi) is 8.93. The van der Waals surface area contributed by atoms with E-state index >= 15 is 0 Å². The zero-order valence-corrected chi connectivity index (χ0v) is 31.0. The van der Waals surface area contributed by atoms with Crippen LogP contribution in [0.15, 0.2) is 89.9 Å². The van der Waals surface area contributed by atoms with Crippen LogP contribution in [0, 0.1) is 0 Å². The monoisotopic (exact) mass is 671 g/mol. The molecule has 1 aliphatic carbocycles. The molecule has 6 rings (SSSR count). The lowest BCUT2D eigenvalue weighted by molar-refractivity contribution is -0.133. The van der Waals surface area contributed by atoms with Gasteiger partial charge in [0.1, 0.15) is 18.0 Å². The van der Waals surface area contributed by atoms with Crippen molar-refractivity contribution in [3.63, 3.8) is 0 Å². The molecule has 5 atom stereocenters. The molecule has 2 fully saturated rings. The third-order valence-electron chi connectivity index (χ3n) is 11.0. The Morgan fingerprint density at radius 3 is 1.89 bits per heavy atom. The number of Topliss-reactive ketones (excluding diaryl/α,β-unsaturated/α-hetero) is 1. The number of carbonyl (C=O) groups excluding carboxylic acids is 1. The molecule has 3 aromatic rings. The molecular weight excluding hydrogens is 623 g/mol. The molecule has 1 spiro atoms. The highest BCUT2D eigenvalue weighted by Gasteiger charge is 2.84. The first-order valence-corrected chi connectivity index (χ1v) is 21.5. The third-order valence-corrected chi connectivity index (χ3v) is 20.5. The van der Waals surface area contributed by atoms with Gasteiger partial charge in [-0.1, -0.05) is 102 Å². The van der Waals surface area contributed by atoms with E-state index in [9.17, 15) is 4.79 Å². The highest BCUT2D eigenvalue weighted by Crippen LogP contribution is 2.59. The quantitative estimate of drug-likeness (QED) is 0.167. The van der Waals surface area contributed by atoms with Crippen LogP contribution in [0.4, 0.5) is 0 Å². The molecule has 2 heterocycles. The van der Waals surface area contributed by atoms with Gasteiger partial charge in [0.25, 0.3) is 8.32 Å². The van der Waals surface area contributed by atoms with E-state index in [1.165, 1.54) is 10.4 Å². The first kappa shape index (κ1) is 33.8. The first-order valence-electron chi connectivity index (χ1n) is 17.0. The number of rotatable bonds is 12. The average molecular weight is 672 g/mol. The molecule has 0 bridgehead atoms. The molecule has 3 aromatic carbocycles. The molecule has 3 aliphatic rings. The van der Waals surface area contributed by atoms with E-state index in [1.54, 1.807) is 7.11 Å². The maximum atomic E-state index is 14.6. The van der Waals surface area contributed by atoms with Crippen molar-refractivity contribution in [2.24, 2.45) is 4.99 Å². The van der Waals surface area contributed by atoms with Gasteiger partial charge >= 0.3 is 0 Å². The van der Waals surface area contributed by atoms with Crippen molar-refractivity contribution in [1.82, 2.24) is 0 Å². The zero-order valence-electron chi connectivity index (χ0n) is 29.0. The number of fused-ring (bicyclic) bond motifs is 1. The molecule has 0 aromatic heterocycles. The van der Waals surface area contributed by atoms with Crippen molar-refractivity contribution in [1.29, 1.82) is 0 Å².